The quantitative estimate of drug-likeness (QED) is 0.811. The number of hydrogen-bond acceptors (Lipinski definition) is 7. The zero-order valence-electron chi connectivity index (χ0n) is 14.0. The number of aromatic nitrogens is 2. The van der Waals surface area contributed by atoms with Crippen LogP contribution in [0.25, 0.3) is 0 Å². The SMILES string of the molecule is CC(C)(C)c1noc(OCc2ccc(S(=O)(=O)N3CCCC3)o2)n1. The van der Waals surface area contributed by atoms with Crippen molar-refractivity contribution < 1.29 is 22.1 Å². The molecule has 0 aliphatic carbocycles. The molecular formula is C15H21N3O5S. The molecule has 1 fully saturated rings. The van der Waals surface area contributed by atoms with Gasteiger partial charge in [-0.3, -0.25) is 4.52 Å². The maximum Gasteiger partial charge on any atom is 0.417 e. The van der Waals surface area contributed by atoms with Crippen LogP contribution < -0.4 is 4.74 Å². The summed E-state index contributed by atoms with van der Waals surface area (Å²) < 4.78 is 42.0. The Hall–Kier alpha value is -1.87. The van der Waals surface area contributed by atoms with E-state index >= 15 is 0 Å². The highest BCUT2D eigenvalue weighted by atomic mass is 32.2. The summed E-state index contributed by atoms with van der Waals surface area (Å²) in [7, 11) is -3.56. The third-order valence-corrected chi connectivity index (χ3v) is 5.49. The Bertz CT molecular complexity index is 797. The van der Waals surface area contributed by atoms with Crippen LogP contribution in [0.5, 0.6) is 6.08 Å². The van der Waals surface area contributed by atoms with Crippen LogP contribution in [-0.2, 0) is 22.0 Å². The fraction of sp³-hybridized carbons (Fsp3) is 0.600. The van der Waals surface area contributed by atoms with Crippen molar-refractivity contribution >= 4 is 10.0 Å². The maximum absolute atomic E-state index is 12.4. The topological polar surface area (TPSA) is 98.7 Å². The van der Waals surface area contributed by atoms with E-state index in [9.17, 15) is 8.42 Å². The number of rotatable bonds is 5. The number of sulfonamides is 1. The maximum atomic E-state index is 12.4. The molecule has 1 aliphatic heterocycles. The van der Waals surface area contributed by atoms with E-state index in [4.69, 9.17) is 13.7 Å². The fourth-order valence-electron chi connectivity index (χ4n) is 2.34. The number of hydrogen-bond donors (Lipinski definition) is 0. The third-order valence-electron chi connectivity index (χ3n) is 3.71. The van der Waals surface area contributed by atoms with E-state index < -0.39 is 10.0 Å². The van der Waals surface area contributed by atoms with E-state index in [0.717, 1.165) is 12.8 Å². The van der Waals surface area contributed by atoms with E-state index in [1.807, 2.05) is 20.8 Å². The largest absolute Gasteiger partial charge is 0.445 e. The normalized spacial score (nSPS) is 16.6. The molecular weight excluding hydrogens is 334 g/mol. The molecule has 0 bridgehead atoms. The summed E-state index contributed by atoms with van der Waals surface area (Å²) in [6, 6.07) is 3.02. The molecule has 2 aromatic rings. The van der Waals surface area contributed by atoms with E-state index in [0.29, 0.717) is 24.7 Å². The minimum absolute atomic E-state index is 0.0152. The van der Waals surface area contributed by atoms with Crippen LogP contribution in [0.4, 0.5) is 0 Å². The van der Waals surface area contributed by atoms with Crippen molar-refractivity contribution in [3.8, 4) is 6.08 Å². The lowest BCUT2D eigenvalue weighted by molar-refractivity contribution is 0.175. The minimum atomic E-state index is -3.56. The monoisotopic (exact) mass is 355 g/mol. The van der Waals surface area contributed by atoms with E-state index in [-0.39, 0.29) is 23.2 Å². The minimum Gasteiger partial charge on any atom is -0.445 e. The van der Waals surface area contributed by atoms with Gasteiger partial charge in [0.1, 0.15) is 5.76 Å². The smallest absolute Gasteiger partial charge is 0.417 e. The molecule has 9 heteroatoms. The van der Waals surface area contributed by atoms with Gasteiger partial charge < -0.3 is 9.15 Å². The first-order valence-electron chi connectivity index (χ1n) is 7.83. The molecule has 0 radical (unpaired) electrons. The van der Waals surface area contributed by atoms with Crippen molar-refractivity contribution in [2.45, 2.75) is 50.7 Å². The first-order chi connectivity index (χ1) is 11.3. The molecule has 0 N–H and O–H groups in total. The molecule has 1 saturated heterocycles. The van der Waals surface area contributed by atoms with Crippen molar-refractivity contribution in [3.05, 3.63) is 23.7 Å². The van der Waals surface area contributed by atoms with Crippen LogP contribution >= 0.6 is 0 Å². The van der Waals surface area contributed by atoms with Gasteiger partial charge in [0.25, 0.3) is 10.0 Å². The Labute approximate surface area is 140 Å². The highest BCUT2D eigenvalue weighted by molar-refractivity contribution is 7.89. The zero-order valence-corrected chi connectivity index (χ0v) is 14.8. The average Bonchev–Trinajstić information content (AvgIpc) is 3.24. The number of furan rings is 1. The van der Waals surface area contributed by atoms with Gasteiger partial charge in [0.2, 0.25) is 5.09 Å². The van der Waals surface area contributed by atoms with Gasteiger partial charge in [-0.1, -0.05) is 25.9 Å². The Kier molecular flexibility index (Phi) is 4.39. The van der Waals surface area contributed by atoms with Crippen LogP contribution in [-0.4, -0.2) is 36.0 Å². The molecule has 3 rings (SSSR count). The van der Waals surface area contributed by atoms with Gasteiger partial charge in [0.05, 0.1) is 0 Å². The second-order valence-corrected chi connectivity index (χ2v) is 8.62. The summed E-state index contributed by atoms with van der Waals surface area (Å²) in [6.07, 6.45) is 1.78. The second-order valence-electron chi connectivity index (χ2n) is 6.75. The summed E-state index contributed by atoms with van der Waals surface area (Å²) in [4.78, 5) is 4.15. The molecule has 1 aliphatic rings. The summed E-state index contributed by atoms with van der Waals surface area (Å²) in [5.74, 6) is 0.914. The van der Waals surface area contributed by atoms with Crippen molar-refractivity contribution in [3.63, 3.8) is 0 Å². The van der Waals surface area contributed by atoms with Crippen LogP contribution in [0.15, 0.2) is 26.2 Å². The molecule has 0 aromatic carbocycles. The van der Waals surface area contributed by atoms with Gasteiger partial charge in [-0.15, -0.1) is 0 Å². The molecule has 0 amide bonds. The molecule has 0 unspecified atom stereocenters. The van der Waals surface area contributed by atoms with Gasteiger partial charge in [-0.05, 0) is 25.0 Å². The number of nitrogens with zero attached hydrogens (tertiary/aromatic N) is 3. The molecule has 132 valence electrons. The molecule has 2 aromatic heterocycles. The lowest BCUT2D eigenvalue weighted by Gasteiger charge is -2.12. The Morgan fingerprint density at radius 3 is 2.58 bits per heavy atom. The Morgan fingerprint density at radius 1 is 1.25 bits per heavy atom. The fourth-order valence-corrected chi connectivity index (χ4v) is 3.78. The summed E-state index contributed by atoms with van der Waals surface area (Å²) in [5, 5.41) is 3.79. The predicted molar refractivity (Wildman–Crippen MR) is 84.0 cm³/mol. The zero-order chi connectivity index (χ0) is 17.4. The highest BCUT2D eigenvalue weighted by Crippen LogP contribution is 2.24. The number of ether oxygens (including phenoxy) is 1. The van der Waals surface area contributed by atoms with Crippen molar-refractivity contribution in [2.24, 2.45) is 0 Å². The van der Waals surface area contributed by atoms with Crippen molar-refractivity contribution in [2.75, 3.05) is 13.1 Å². The molecule has 24 heavy (non-hydrogen) atoms. The standard InChI is InChI=1S/C15H21N3O5S/c1-15(2,3)13-16-14(23-17-13)21-10-11-6-7-12(22-11)24(19,20)18-8-4-5-9-18/h6-7H,4-5,8-10H2,1-3H3. The van der Waals surface area contributed by atoms with Gasteiger partial charge in [0, 0.05) is 18.5 Å². The molecule has 3 heterocycles. The molecule has 0 atom stereocenters. The molecule has 0 saturated carbocycles. The van der Waals surface area contributed by atoms with Gasteiger partial charge in [-0.2, -0.15) is 9.29 Å². The van der Waals surface area contributed by atoms with Crippen LogP contribution in [0, 0.1) is 0 Å². The highest BCUT2D eigenvalue weighted by Gasteiger charge is 2.30. The van der Waals surface area contributed by atoms with Gasteiger partial charge in [-0.25, -0.2) is 8.42 Å². The molecule has 8 nitrogen and oxygen atoms in total. The lowest BCUT2D eigenvalue weighted by atomic mass is 9.96. The first kappa shape index (κ1) is 17.0. The summed E-state index contributed by atoms with van der Waals surface area (Å²) in [6.45, 7) is 6.97. The predicted octanol–water partition coefficient (Wildman–Crippen LogP) is 2.32. The Balaban J connectivity index is 1.65. The summed E-state index contributed by atoms with van der Waals surface area (Å²) >= 11 is 0. The van der Waals surface area contributed by atoms with Crippen LogP contribution in [0.1, 0.15) is 45.2 Å². The van der Waals surface area contributed by atoms with Gasteiger partial charge >= 0.3 is 6.08 Å². The summed E-state index contributed by atoms with van der Waals surface area (Å²) in [5.41, 5.74) is -0.243. The third kappa shape index (κ3) is 3.46. The van der Waals surface area contributed by atoms with E-state index in [2.05, 4.69) is 10.1 Å². The van der Waals surface area contributed by atoms with E-state index in [1.165, 1.54) is 10.4 Å². The first-order valence-corrected chi connectivity index (χ1v) is 9.27. The van der Waals surface area contributed by atoms with Crippen LogP contribution in [0.2, 0.25) is 0 Å². The van der Waals surface area contributed by atoms with Crippen LogP contribution in [0.3, 0.4) is 0 Å². The molecule has 0 spiro atoms. The van der Waals surface area contributed by atoms with Crippen molar-refractivity contribution in [1.82, 2.24) is 14.4 Å². The Morgan fingerprint density at radius 2 is 1.96 bits per heavy atom. The lowest BCUT2D eigenvalue weighted by Crippen LogP contribution is -2.27. The second kappa shape index (κ2) is 6.21. The van der Waals surface area contributed by atoms with Gasteiger partial charge in [0.15, 0.2) is 12.4 Å². The van der Waals surface area contributed by atoms with Crippen molar-refractivity contribution in [1.29, 1.82) is 0 Å². The van der Waals surface area contributed by atoms with E-state index in [1.54, 1.807) is 6.07 Å². The average molecular weight is 355 g/mol.